The predicted molar refractivity (Wildman–Crippen MR) is 84.9 cm³/mol. The second-order valence-corrected chi connectivity index (χ2v) is 6.26. The molecule has 1 fully saturated rings. The molecular formula is C18H28O3. The summed E-state index contributed by atoms with van der Waals surface area (Å²) in [5.74, 6) is 0.871. The zero-order valence-electron chi connectivity index (χ0n) is 13.7. The van der Waals surface area contributed by atoms with Crippen LogP contribution in [0.3, 0.4) is 0 Å². The molecule has 1 aromatic rings. The zero-order valence-corrected chi connectivity index (χ0v) is 13.7. The molecule has 3 nitrogen and oxygen atoms in total. The van der Waals surface area contributed by atoms with Crippen LogP contribution in [-0.2, 0) is 4.74 Å². The average Bonchev–Trinajstić information content (AvgIpc) is 2.74. The summed E-state index contributed by atoms with van der Waals surface area (Å²) in [5.41, 5.74) is 2.64. The van der Waals surface area contributed by atoms with Crippen LogP contribution in [0.1, 0.15) is 61.3 Å². The van der Waals surface area contributed by atoms with Gasteiger partial charge in [0.05, 0.1) is 12.7 Å². The van der Waals surface area contributed by atoms with Crippen LogP contribution in [0.15, 0.2) is 12.1 Å². The van der Waals surface area contributed by atoms with Crippen LogP contribution in [-0.4, -0.2) is 24.9 Å². The Labute approximate surface area is 128 Å². The zero-order chi connectivity index (χ0) is 15.5. The fourth-order valence-electron chi connectivity index (χ4n) is 3.53. The summed E-state index contributed by atoms with van der Waals surface area (Å²) in [7, 11) is 3.42. The van der Waals surface area contributed by atoms with Crippen molar-refractivity contribution in [2.45, 2.75) is 64.1 Å². The van der Waals surface area contributed by atoms with Gasteiger partial charge in [0.2, 0.25) is 0 Å². The third-order valence-electron chi connectivity index (χ3n) is 4.93. The highest BCUT2D eigenvalue weighted by molar-refractivity contribution is 5.43. The summed E-state index contributed by atoms with van der Waals surface area (Å²) < 4.78 is 11.2. The number of aliphatic hydroxyl groups excluding tert-OH is 1. The van der Waals surface area contributed by atoms with Gasteiger partial charge >= 0.3 is 0 Å². The minimum atomic E-state index is -0.579. The first-order valence-corrected chi connectivity index (χ1v) is 7.92. The van der Waals surface area contributed by atoms with Gasteiger partial charge < -0.3 is 14.6 Å². The Balaban J connectivity index is 2.37. The Morgan fingerprint density at radius 1 is 1.00 bits per heavy atom. The molecule has 0 spiro atoms. The molecule has 1 N–H and O–H groups in total. The SMILES string of the molecule is COc1cc(C)c(C(O)C2(OC)CCCCCC2)cc1C. The van der Waals surface area contributed by atoms with Crippen molar-refractivity contribution in [3.8, 4) is 5.75 Å². The Bertz CT molecular complexity index is 474. The summed E-state index contributed by atoms with van der Waals surface area (Å²) in [4.78, 5) is 0. The van der Waals surface area contributed by atoms with Crippen molar-refractivity contribution in [2.75, 3.05) is 14.2 Å². The number of hydrogen-bond donors (Lipinski definition) is 1. The number of ether oxygens (including phenoxy) is 2. The van der Waals surface area contributed by atoms with Crippen molar-refractivity contribution >= 4 is 0 Å². The standard InChI is InChI=1S/C18H28O3/c1-13-12-16(20-3)14(2)11-15(13)17(19)18(21-4)9-7-5-6-8-10-18/h11-12,17,19H,5-10H2,1-4H3. The molecule has 0 amide bonds. The van der Waals surface area contributed by atoms with Crippen LogP contribution >= 0.6 is 0 Å². The highest BCUT2D eigenvalue weighted by Crippen LogP contribution is 2.42. The summed E-state index contributed by atoms with van der Waals surface area (Å²) >= 11 is 0. The van der Waals surface area contributed by atoms with Crippen LogP contribution in [0.4, 0.5) is 0 Å². The molecule has 1 aliphatic carbocycles. The van der Waals surface area contributed by atoms with Gasteiger partial charge in [-0.3, -0.25) is 0 Å². The molecule has 1 aliphatic rings. The van der Waals surface area contributed by atoms with E-state index in [4.69, 9.17) is 9.47 Å². The normalized spacial score (nSPS) is 19.9. The number of benzene rings is 1. The highest BCUT2D eigenvalue weighted by Gasteiger charge is 2.39. The van der Waals surface area contributed by atoms with Crippen molar-refractivity contribution in [3.63, 3.8) is 0 Å². The maximum atomic E-state index is 11.0. The molecule has 1 aromatic carbocycles. The van der Waals surface area contributed by atoms with Gasteiger partial charge in [-0.05, 0) is 55.5 Å². The topological polar surface area (TPSA) is 38.7 Å². The minimum Gasteiger partial charge on any atom is -0.496 e. The van der Waals surface area contributed by atoms with E-state index in [1.54, 1.807) is 14.2 Å². The van der Waals surface area contributed by atoms with Gasteiger partial charge in [0.25, 0.3) is 0 Å². The van der Waals surface area contributed by atoms with Crippen LogP contribution in [0.25, 0.3) is 0 Å². The molecule has 0 bridgehead atoms. The Morgan fingerprint density at radius 3 is 2.14 bits per heavy atom. The van der Waals surface area contributed by atoms with Crippen LogP contribution < -0.4 is 4.74 Å². The van der Waals surface area contributed by atoms with Crippen molar-refractivity contribution in [1.82, 2.24) is 0 Å². The lowest BCUT2D eigenvalue weighted by molar-refractivity contribution is -0.114. The summed E-state index contributed by atoms with van der Waals surface area (Å²) in [5, 5.41) is 11.0. The molecule has 118 valence electrons. The largest absolute Gasteiger partial charge is 0.496 e. The van der Waals surface area contributed by atoms with Crippen LogP contribution in [0.5, 0.6) is 5.75 Å². The van der Waals surface area contributed by atoms with Crippen molar-refractivity contribution < 1.29 is 14.6 Å². The van der Waals surface area contributed by atoms with E-state index in [1.165, 1.54) is 12.8 Å². The quantitative estimate of drug-likeness (QED) is 0.850. The molecule has 3 heteroatoms. The summed E-state index contributed by atoms with van der Waals surface area (Å²) in [6.07, 6.45) is 5.99. The first-order valence-electron chi connectivity index (χ1n) is 7.92. The number of aryl methyl sites for hydroxylation is 2. The van der Waals surface area contributed by atoms with Crippen molar-refractivity contribution in [2.24, 2.45) is 0 Å². The van der Waals surface area contributed by atoms with Gasteiger partial charge in [-0.1, -0.05) is 25.7 Å². The minimum absolute atomic E-state index is 0.442. The van der Waals surface area contributed by atoms with E-state index in [2.05, 4.69) is 0 Å². The Kier molecular flexibility index (Phi) is 5.28. The van der Waals surface area contributed by atoms with Gasteiger partial charge in [0.15, 0.2) is 0 Å². The second-order valence-electron chi connectivity index (χ2n) is 6.26. The van der Waals surface area contributed by atoms with E-state index < -0.39 is 11.7 Å². The van der Waals surface area contributed by atoms with Gasteiger partial charge in [0, 0.05) is 7.11 Å². The molecular weight excluding hydrogens is 264 g/mol. The molecule has 0 heterocycles. The average molecular weight is 292 g/mol. The predicted octanol–water partition coefficient (Wildman–Crippen LogP) is 4.08. The monoisotopic (exact) mass is 292 g/mol. The molecule has 0 saturated heterocycles. The lowest BCUT2D eigenvalue weighted by Gasteiger charge is -2.37. The number of methoxy groups -OCH3 is 2. The Morgan fingerprint density at radius 2 is 1.62 bits per heavy atom. The van der Waals surface area contributed by atoms with E-state index in [1.807, 2.05) is 26.0 Å². The summed E-state index contributed by atoms with van der Waals surface area (Å²) in [6, 6.07) is 4.05. The van der Waals surface area contributed by atoms with Gasteiger partial charge in [-0.2, -0.15) is 0 Å². The number of hydrogen-bond acceptors (Lipinski definition) is 3. The van der Waals surface area contributed by atoms with Crippen molar-refractivity contribution in [3.05, 3.63) is 28.8 Å². The number of aliphatic hydroxyl groups is 1. The lowest BCUT2D eigenvalue weighted by atomic mass is 9.82. The van der Waals surface area contributed by atoms with Crippen molar-refractivity contribution in [1.29, 1.82) is 0 Å². The smallest absolute Gasteiger partial charge is 0.122 e. The van der Waals surface area contributed by atoms with Gasteiger partial charge in [-0.25, -0.2) is 0 Å². The fraction of sp³-hybridized carbons (Fsp3) is 0.667. The highest BCUT2D eigenvalue weighted by atomic mass is 16.5. The van der Waals surface area contributed by atoms with Gasteiger partial charge in [-0.15, -0.1) is 0 Å². The van der Waals surface area contributed by atoms with E-state index >= 15 is 0 Å². The van der Waals surface area contributed by atoms with E-state index in [0.29, 0.717) is 0 Å². The first-order chi connectivity index (χ1) is 10.0. The molecule has 0 aliphatic heterocycles. The first kappa shape index (κ1) is 16.3. The van der Waals surface area contributed by atoms with Crippen LogP contribution in [0.2, 0.25) is 0 Å². The summed E-state index contributed by atoms with van der Waals surface area (Å²) in [6.45, 7) is 4.04. The molecule has 1 saturated carbocycles. The van der Waals surface area contributed by atoms with Crippen LogP contribution in [0, 0.1) is 13.8 Å². The molecule has 0 radical (unpaired) electrons. The molecule has 1 unspecified atom stereocenters. The maximum Gasteiger partial charge on any atom is 0.122 e. The van der Waals surface area contributed by atoms with E-state index in [9.17, 15) is 5.11 Å². The maximum absolute atomic E-state index is 11.0. The molecule has 1 atom stereocenters. The third kappa shape index (κ3) is 3.24. The fourth-order valence-corrected chi connectivity index (χ4v) is 3.53. The molecule has 2 rings (SSSR count). The lowest BCUT2D eigenvalue weighted by Crippen LogP contribution is -2.38. The molecule has 21 heavy (non-hydrogen) atoms. The third-order valence-corrected chi connectivity index (χ3v) is 4.93. The van der Waals surface area contributed by atoms with E-state index in [0.717, 1.165) is 48.1 Å². The number of rotatable bonds is 4. The Hall–Kier alpha value is -1.06. The van der Waals surface area contributed by atoms with Gasteiger partial charge in [0.1, 0.15) is 11.9 Å². The van der Waals surface area contributed by atoms with E-state index in [-0.39, 0.29) is 0 Å². The second kappa shape index (κ2) is 6.80. The molecule has 0 aromatic heterocycles.